The van der Waals surface area contributed by atoms with Crippen molar-refractivity contribution in [3.05, 3.63) is 29.8 Å². The Hall–Kier alpha value is -0.980. The summed E-state index contributed by atoms with van der Waals surface area (Å²) in [5.41, 5.74) is 2.61. The van der Waals surface area contributed by atoms with E-state index < -0.39 is 0 Å². The molecule has 0 aliphatic carbocycles. The first kappa shape index (κ1) is 10.1. The molecule has 13 heavy (non-hydrogen) atoms. The largest absolute Gasteiger partial charge is 0.385 e. The maximum atomic E-state index is 3.45. The molecule has 0 amide bonds. The van der Waals surface area contributed by atoms with Gasteiger partial charge in [0, 0.05) is 12.2 Å². The lowest BCUT2D eigenvalue weighted by Gasteiger charge is -2.08. The van der Waals surface area contributed by atoms with E-state index in [2.05, 4.69) is 43.4 Å². The lowest BCUT2D eigenvalue weighted by Crippen LogP contribution is -2.02. The molecule has 1 aromatic carbocycles. The Morgan fingerprint density at radius 1 is 1.15 bits per heavy atom. The topological polar surface area (TPSA) is 12.0 Å². The van der Waals surface area contributed by atoms with Crippen LogP contribution in [0.5, 0.6) is 0 Å². The number of aryl methyl sites for hydroxylation is 1. The van der Waals surface area contributed by atoms with Gasteiger partial charge in [-0.1, -0.05) is 38.0 Å². The highest BCUT2D eigenvalue weighted by atomic mass is 14.9. The van der Waals surface area contributed by atoms with Crippen LogP contribution in [-0.4, -0.2) is 6.54 Å². The zero-order valence-corrected chi connectivity index (χ0v) is 8.64. The fraction of sp³-hybridized carbons (Fsp3) is 0.500. The average Bonchev–Trinajstić information content (AvgIpc) is 2.15. The minimum absolute atomic E-state index is 1.10. The van der Waals surface area contributed by atoms with E-state index in [-0.39, 0.29) is 0 Å². The van der Waals surface area contributed by atoms with Gasteiger partial charge in [-0.3, -0.25) is 0 Å². The number of unbranched alkanes of at least 4 members (excludes halogenated alkanes) is 2. The van der Waals surface area contributed by atoms with Crippen LogP contribution in [-0.2, 0) is 0 Å². The third kappa shape index (κ3) is 3.49. The monoisotopic (exact) mass is 177 g/mol. The number of para-hydroxylation sites is 1. The van der Waals surface area contributed by atoms with Gasteiger partial charge >= 0.3 is 0 Å². The molecule has 0 heterocycles. The lowest BCUT2D eigenvalue weighted by molar-refractivity contribution is 0.743. The van der Waals surface area contributed by atoms with Gasteiger partial charge in [0.2, 0.25) is 0 Å². The number of anilines is 1. The van der Waals surface area contributed by atoms with Crippen molar-refractivity contribution in [1.29, 1.82) is 0 Å². The van der Waals surface area contributed by atoms with E-state index in [0.29, 0.717) is 0 Å². The summed E-state index contributed by atoms with van der Waals surface area (Å²) in [7, 11) is 0. The van der Waals surface area contributed by atoms with Gasteiger partial charge in [0.1, 0.15) is 0 Å². The second-order valence-corrected chi connectivity index (χ2v) is 3.45. The van der Waals surface area contributed by atoms with Crippen molar-refractivity contribution in [3.63, 3.8) is 0 Å². The molecule has 0 bridgehead atoms. The number of rotatable bonds is 5. The number of hydrogen-bond acceptors (Lipinski definition) is 1. The quantitative estimate of drug-likeness (QED) is 0.678. The standard InChI is InChI=1S/C12H19N/c1-3-4-7-10-13-12-9-6-5-8-11(12)2/h5-6,8-9,13H,3-4,7,10H2,1-2H3. The maximum absolute atomic E-state index is 3.45. The Morgan fingerprint density at radius 2 is 1.92 bits per heavy atom. The van der Waals surface area contributed by atoms with Gasteiger partial charge in [0.05, 0.1) is 0 Å². The van der Waals surface area contributed by atoms with Gasteiger partial charge < -0.3 is 5.32 Å². The zero-order valence-electron chi connectivity index (χ0n) is 8.64. The van der Waals surface area contributed by atoms with E-state index in [4.69, 9.17) is 0 Å². The summed E-state index contributed by atoms with van der Waals surface area (Å²) < 4.78 is 0. The molecular formula is C12H19N. The predicted octanol–water partition coefficient (Wildman–Crippen LogP) is 3.60. The van der Waals surface area contributed by atoms with Gasteiger partial charge in [-0.15, -0.1) is 0 Å². The average molecular weight is 177 g/mol. The molecule has 0 aliphatic rings. The highest BCUT2D eigenvalue weighted by Gasteiger charge is 1.93. The summed E-state index contributed by atoms with van der Waals surface area (Å²) in [5.74, 6) is 0. The summed E-state index contributed by atoms with van der Waals surface area (Å²) >= 11 is 0. The van der Waals surface area contributed by atoms with Crippen LogP contribution in [0.1, 0.15) is 31.7 Å². The molecule has 0 aromatic heterocycles. The fourth-order valence-electron chi connectivity index (χ4n) is 1.37. The molecule has 1 N–H and O–H groups in total. The Labute approximate surface area is 81.2 Å². The minimum atomic E-state index is 1.10. The van der Waals surface area contributed by atoms with Crippen molar-refractivity contribution in [2.45, 2.75) is 33.1 Å². The summed E-state index contributed by atoms with van der Waals surface area (Å²) in [6.07, 6.45) is 3.87. The molecule has 1 aromatic rings. The van der Waals surface area contributed by atoms with E-state index in [0.717, 1.165) is 6.54 Å². The molecular weight excluding hydrogens is 158 g/mol. The minimum Gasteiger partial charge on any atom is -0.385 e. The summed E-state index contributed by atoms with van der Waals surface area (Å²) in [6.45, 7) is 5.47. The fourth-order valence-corrected chi connectivity index (χ4v) is 1.37. The van der Waals surface area contributed by atoms with Gasteiger partial charge in [-0.2, -0.15) is 0 Å². The molecule has 0 spiro atoms. The maximum Gasteiger partial charge on any atom is 0.0369 e. The van der Waals surface area contributed by atoms with E-state index in [1.165, 1.54) is 30.5 Å². The van der Waals surface area contributed by atoms with Gasteiger partial charge in [0.25, 0.3) is 0 Å². The smallest absolute Gasteiger partial charge is 0.0369 e. The molecule has 72 valence electrons. The predicted molar refractivity (Wildman–Crippen MR) is 59.2 cm³/mol. The van der Waals surface area contributed by atoms with Gasteiger partial charge in [0.15, 0.2) is 0 Å². The first-order valence-electron chi connectivity index (χ1n) is 5.14. The van der Waals surface area contributed by atoms with E-state index in [1.807, 2.05) is 0 Å². The van der Waals surface area contributed by atoms with Crippen LogP contribution >= 0.6 is 0 Å². The summed E-state index contributed by atoms with van der Waals surface area (Å²) in [6, 6.07) is 8.44. The van der Waals surface area contributed by atoms with Gasteiger partial charge in [-0.05, 0) is 25.0 Å². The normalized spacial score (nSPS) is 10.0. The van der Waals surface area contributed by atoms with Crippen molar-refractivity contribution < 1.29 is 0 Å². The van der Waals surface area contributed by atoms with Crippen molar-refractivity contribution in [3.8, 4) is 0 Å². The summed E-state index contributed by atoms with van der Waals surface area (Å²) in [4.78, 5) is 0. The lowest BCUT2D eigenvalue weighted by atomic mass is 10.2. The Bertz CT molecular complexity index is 243. The molecule has 0 unspecified atom stereocenters. The second kappa shape index (κ2) is 5.63. The molecule has 1 nitrogen and oxygen atoms in total. The van der Waals surface area contributed by atoms with Crippen LogP contribution < -0.4 is 5.32 Å². The van der Waals surface area contributed by atoms with Crippen LogP contribution in [0.3, 0.4) is 0 Å². The van der Waals surface area contributed by atoms with Crippen LogP contribution in [0.2, 0.25) is 0 Å². The summed E-state index contributed by atoms with van der Waals surface area (Å²) in [5, 5.41) is 3.45. The SMILES string of the molecule is CCCCCNc1ccccc1C. The molecule has 0 aliphatic heterocycles. The molecule has 0 fully saturated rings. The first-order chi connectivity index (χ1) is 6.34. The van der Waals surface area contributed by atoms with Crippen LogP contribution in [0, 0.1) is 6.92 Å². The number of hydrogen-bond donors (Lipinski definition) is 1. The highest BCUT2D eigenvalue weighted by Crippen LogP contribution is 2.12. The van der Waals surface area contributed by atoms with E-state index in [9.17, 15) is 0 Å². The van der Waals surface area contributed by atoms with E-state index >= 15 is 0 Å². The van der Waals surface area contributed by atoms with Crippen LogP contribution in [0.25, 0.3) is 0 Å². The third-order valence-corrected chi connectivity index (χ3v) is 2.24. The highest BCUT2D eigenvalue weighted by molar-refractivity contribution is 5.49. The van der Waals surface area contributed by atoms with Gasteiger partial charge in [-0.25, -0.2) is 0 Å². The van der Waals surface area contributed by atoms with Crippen LogP contribution in [0.4, 0.5) is 5.69 Å². The molecule has 1 rings (SSSR count). The second-order valence-electron chi connectivity index (χ2n) is 3.45. The number of benzene rings is 1. The van der Waals surface area contributed by atoms with Crippen LogP contribution in [0.15, 0.2) is 24.3 Å². The molecule has 1 heteroatoms. The van der Waals surface area contributed by atoms with Crippen molar-refractivity contribution in [2.24, 2.45) is 0 Å². The van der Waals surface area contributed by atoms with Crippen molar-refractivity contribution in [1.82, 2.24) is 0 Å². The number of nitrogens with one attached hydrogen (secondary N) is 1. The Kier molecular flexibility index (Phi) is 4.37. The Balaban J connectivity index is 2.32. The Morgan fingerprint density at radius 3 is 2.62 bits per heavy atom. The third-order valence-electron chi connectivity index (χ3n) is 2.24. The van der Waals surface area contributed by atoms with Crippen molar-refractivity contribution in [2.75, 3.05) is 11.9 Å². The van der Waals surface area contributed by atoms with E-state index in [1.54, 1.807) is 0 Å². The molecule has 0 atom stereocenters. The van der Waals surface area contributed by atoms with Crippen molar-refractivity contribution >= 4 is 5.69 Å². The first-order valence-corrected chi connectivity index (χ1v) is 5.14. The molecule has 0 saturated carbocycles. The molecule has 0 saturated heterocycles. The molecule has 0 radical (unpaired) electrons. The zero-order chi connectivity index (χ0) is 9.52.